The number of phenolic OH excluding ortho intramolecular Hbond substituents is 1. The van der Waals surface area contributed by atoms with Crippen LogP contribution >= 0.6 is 0 Å². The van der Waals surface area contributed by atoms with E-state index in [1.807, 2.05) is 24.3 Å². The van der Waals surface area contributed by atoms with Crippen LogP contribution in [-0.2, 0) is 0 Å². The maximum Gasteiger partial charge on any atom is 0.233 e. The Morgan fingerprint density at radius 3 is 2.66 bits per heavy atom. The Morgan fingerprint density at radius 2 is 1.97 bits per heavy atom. The van der Waals surface area contributed by atoms with E-state index in [-0.39, 0.29) is 5.75 Å². The molecule has 1 aromatic carbocycles. The summed E-state index contributed by atoms with van der Waals surface area (Å²) in [5.74, 6) is 1.44. The minimum absolute atomic E-state index is 0.138. The molecule has 8 heteroatoms. The summed E-state index contributed by atoms with van der Waals surface area (Å²) in [6.07, 6.45) is 6.62. The molecule has 0 unspecified atom stereocenters. The quantitative estimate of drug-likeness (QED) is 0.612. The molecule has 0 spiro atoms. The molecular formula is C24H28N6O2. The second kappa shape index (κ2) is 8.35. The van der Waals surface area contributed by atoms with Gasteiger partial charge in [0.1, 0.15) is 5.75 Å². The monoisotopic (exact) mass is 432 g/mol. The van der Waals surface area contributed by atoms with Gasteiger partial charge in [-0.25, -0.2) is 0 Å². The number of nitrogens with one attached hydrogen (secondary N) is 1. The first-order valence-corrected chi connectivity index (χ1v) is 11.1. The molecule has 1 atom stereocenters. The number of aromatic hydroxyl groups is 1. The number of ether oxygens (including phenoxy) is 1. The van der Waals surface area contributed by atoms with Gasteiger partial charge in [-0.3, -0.25) is 0 Å². The fourth-order valence-corrected chi connectivity index (χ4v) is 4.60. The number of phenols is 1. The van der Waals surface area contributed by atoms with E-state index in [0.717, 1.165) is 36.5 Å². The molecule has 5 rings (SSSR count). The summed E-state index contributed by atoms with van der Waals surface area (Å²) >= 11 is 0. The summed E-state index contributed by atoms with van der Waals surface area (Å²) in [6.45, 7) is 4.26. The van der Waals surface area contributed by atoms with Crippen molar-refractivity contribution in [2.75, 3.05) is 25.1 Å². The Hall–Kier alpha value is -3.26. The predicted molar refractivity (Wildman–Crippen MR) is 123 cm³/mol. The van der Waals surface area contributed by atoms with Gasteiger partial charge >= 0.3 is 0 Å². The van der Waals surface area contributed by atoms with Gasteiger partial charge in [0.25, 0.3) is 0 Å². The molecule has 0 bridgehead atoms. The van der Waals surface area contributed by atoms with Crippen LogP contribution < -0.4 is 15.0 Å². The summed E-state index contributed by atoms with van der Waals surface area (Å²) in [7, 11) is 1.55. The van der Waals surface area contributed by atoms with E-state index in [0.29, 0.717) is 28.7 Å². The molecule has 0 amide bonds. The number of aromatic nitrogens is 4. The second-order valence-electron chi connectivity index (χ2n) is 8.99. The van der Waals surface area contributed by atoms with Gasteiger partial charge < -0.3 is 20.1 Å². The highest BCUT2D eigenvalue weighted by molar-refractivity contribution is 5.74. The number of methoxy groups -OCH3 is 1. The Bertz CT molecular complexity index is 1100. The summed E-state index contributed by atoms with van der Waals surface area (Å²) in [4.78, 5) is 2.28. The fourth-order valence-electron chi connectivity index (χ4n) is 4.60. The summed E-state index contributed by atoms with van der Waals surface area (Å²) in [5, 5.41) is 31.1. The maximum absolute atomic E-state index is 10.6. The van der Waals surface area contributed by atoms with Crippen molar-refractivity contribution in [3.05, 3.63) is 42.6 Å². The number of hydrogen-bond donors (Lipinski definition) is 2. The molecule has 2 aromatic heterocycles. The molecular weight excluding hydrogens is 404 g/mol. The molecule has 3 heterocycles. The third kappa shape index (κ3) is 4.10. The Balaban J connectivity index is 1.29. The first kappa shape index (κ1) is 20.6. The molecule has 1 aliphatic carbocycles. The van der Waals surface area contributed by atoms with Gasteiger partial charge in [-0.2, -0.15) is 5.10 Å². The van der Waals surface area contributed by atoms with Crippen LogP contribution in [-0.4, -0.2) is 57.3 Å². The molecule has 0 radical (unpaired) electrons. The van der Waals surface area contributed by atoms with E-state index >= 15 is 0 Å². The number of rotatable bonds is 6. The Morgan fingerprint density at radius 1 is 1.09 bits per heavy atom. The van der Waals surface area contributed by atoms with Crippen LogP contribution in [0.4, 0.5) is 5.82 Å². The van der Waals surface area contributed by atoms with Crippen molar-refractivity contribution >= 4 is 5.82 Å². The van der Waals surface area contributed by atoms with Crippen LogP contribution in [0.2, 0.25) is 0 Å². The molecule has 32 heavy (non-hydrogen) atoms. The van der Waals surface area contributed by atoms with E-state index in [2.05, 4.69) is 37.5 Å². The van der Waals surface area contributed by atoms with Crippen molar-refractivity contribution in [1.82, 2.24) is 25.7 Å². The van der Waals surface area contributed by atoms with Crippen LogP contribution in [0, 0.1) is 0 Å². The third-order valence-corrected chi connectivity index (χ3v) is 6.62. The number of anilines is 1. The molecule has 1 aliphatic heterocycles. The average molecular weight is 433 g/mol. The highest BCUT2D eigenvalue weighted by Crippen LogP contribution is 2.34. The van der Waals surface area contributed by atoms with E-state index in [1.165, 1.54) is 19.3 Å². The first-order valence-electron chi connectivity index (χ1n) is 11.1. The minimum atomic E-state index is 0.138. The molecule has 2 N–H and O–H groups in total. The van der Waals surface area contributed by atoms with E-state index in [1.54, 1.807) is 25.4 Å². The van der Waals surface area contributed by atoms with E-state index < -0.39 is 0 Å². The third-order valence-electron chi connectivity index (χ3n) is 6.62. The molecule has 2 fully saturated rings. The highest BCUT2D eigenvalue weighted by Gasteiger charge is 2.35. The zero-order valence-corrected chi connectivity index (χ0v) is 18.5. The van der Waals surface area contributed by atoms with Crippen LogP contribution in [0.3, 0.4) is 0 Å². The van der Waals surface area contributed by atoms with Crippen molar-refractivity contribution in [3.63, 3.8) is 0 Å². The van der Waals surface area contributed by atoms with Crippen molar-refractivity contribution in [3.8, 4) is 34.0 Å². The van der Waals surface area contributed by atoms with Gasteiger partial charge in [0.2, 0.25) is 5.88 Å². The topological polar surface area (TPSA) is 96.3 Å². The van der Waals surface area contributed by atoms with Gasteiger partial charge in [0.15, 0.2) is 5.82 Å². The van der Waals surface area contributed by atoms with Crippen molar-refractivity contribution in [2.24, 2.45) is 0 Å². The van der Waals surface area contributed by atoms with Crippen LogP contribution in [0.1, 0.15) is 32.6 Å². The summed E-state index contributed by atoms with van der Waals surface area (Å²) < 4.78 is 5.13. The Labute approximate surface area is 187 Å². The van der Waals surface area contributed by atoms with Crippen LogP contribution in [0.15, 0.2) is 42.6 Å². The van der Waals surface area contributed by atoms with Crippen molar-refractivity contribution in [1.29, 1.82) is 0 Å². The molecule has 3 aromatic rings. The molecule has 8 nitrogen and oxygen atoms in total. The highest BCUT2D eigenvalue weighted by atomic mass is 16.5. The van der Waals surface area contributed by atoms with Crippen molar-refractivity contribution < 1.29 is 9.84 Å². The number of hydrogen-bond acceptors (Lipinski definition) is 8. The predicted octanol–water partition coefficient (Wildman–Crippen LogP) is 3.43. The standard InChI is InChI=1S/C24H28N6O2/c1-24(9-3-10-24)26-18-8-11-30(15-18)22-7-6-20(27-28-22)19-5-4-16(12-21(19)31)17-13-23(32-2)29-25-14-17/h4-7,12-14,18,26,31H,3,8-11,15H2,1-2H3/t18-/m0/s1. The van der Waals surface area contributed by atoms with Gasteiger partial charge in [-0.1, -0.05) is 6.07 Å². The number of nitrogens with zero attached hydrogens (tertiary/aromatic N) is 5. The SMILES string of the molecule is COc1cc(-c2ccc(-c3ccc(N4CC[C@H](NC5(C)CCC5)C4)nn3)c(O)c2)cnn1. The summed E-state index contributed by atoms with van der Waals surface area (Å²) in [6, 6.07) is 11.6. The smallest absolute Gasteiger partial charge is 0.233 e. The second-order valence-corrected chi connectivity index (χ2v) is 8.99. The van der Waals surface area contributed by atoms with E-state index in [4.69, 9.17) is 4.74 Å². The lowest BCUT2D eigenvalue weighted by molar-refractivity contribution is 0.189. The minimum Gasteiger partial charge on any atom is -0.507 e. The summed E-state index contributed by atoms with van der Waals surface area (Å²) in [5.41, 5.74) is 3.23. The van der Waals surface area contributed by atoms with Crippen LogP contribution in [0.5, 0.6) is 11.6 Å². The lowest BCUT2D eigenvalue weighted by Crippen LogP contribution is -2.53. The van der Waals surface area contributed by atoms with Crippen LogP contribution in [0.25, 0.3) is 22.4 Å². The first-order chi connectivity index (χ1) is 15.5. The van der Waals surface area contributed by atoms with Gasteiger partial charge in [-0.05, 0) is 62.4 Å². The van der Waals surface area contributed by atoms with Crippen molar-refractivity contribution in [2.45, 2.75) is 44.2 Å². The van der Waals surface area contributed by atoms with Gasteiger partial charge in [0.05, 0.1) is 19.0 Å². The molecule has 166 valence electrons. The Kier molecular flexibility index (Phi) is 5.38. The molecule has 2 aliphatic rings. The molecule has 1 saturated carbocycles. The lowest BCUT2D eigenvalue weighted by Gasteiger charge is -2.41. The largest absolute Gasteiger partial charge is 0.507 e. The fraction of sp³-hybridized carbons (Fsp3) is 0.417. The molecule has 1 saturated heterocycles. The zero-order valence-electron chi connectivity index (χ0n) is 18.5. The number of benzene rings is 1. The average Bonchev–Trinajstić information content (AvgIpc) is 3.26. The van der Waals surface area contributed by atoms with Gasteiger partial charge in [0, 0.05) is 41.9 Å². The normalized spacial score (nSPS) is 19.6. The zero-order chi connectivity index (χ0) is 22.1. The maximum atomic E-state index is 10.6. The van der Waals surface area contributed by atoms with Gasteiger partial charge in [-0.15, -0.1) is 15.3 Å². The lowest BCUT2D eigenvalue weighted by atomic mass is 9.78. The van der Waals surface area contributed by atoms with E-state index in [9.17, 15) is 5.11 Å².